The van der Waals surface area contributed by atoms with Gasteiger partial charge in [-0.15, -0.1) is 0 Å². The standard InChI is InChI=1S/C23H54O3Si3/c1-14-21(15-2,22(16-3,17-4)28(11,12)24)25-29(13,20-7)23(18-5,19-6)26-27(8,9)10/h24H,14-20H2,1-13H3. The topological polar surface area (TPSA) is 38.7 Å². The van der Waals surface area contributed by atoms with Crippen molar-refractivity contribution >= 4 is 25.0 Å². The van der Waals surface area contributed by atoms with Crippen LogP contribution in [-0.4, -0.2) is 40.6 Å². The van der Waals surface area contributed by atoms with Crippen LogP contribution in [0.5, 0.6) is 0 Å². The lowest BCUT2D eigenvalue weighted by Crippen LogP contribution is -2.68. The fraction of sp³-hybridized carbons (Fsp3) is 1.00. The zero-order valence-corrected chi connectivity index (χ0v) is 25.2. The predicted molar refractivity (Wildman–Crippen MR) is 137 cm³/mol. The van der Waals surface area contributed by atoms with Gasteiger partial charge in [0.05, 0.1) is 10.8 Å². The molecule has 0 rings (SSSR count). The molecule has 0 amide bonds. The molecule has 3 nitrogen and oxygen atoms in total. The minimum Gasteiger partial charge on any atom is -0.432 e. The third kappa shape index (κ3) is 5.48. The first-order valence-corrected chi connectivity index (χ1v) is 21.2. The van der Waals surface area contributed by atoms with Crippen molar-refractivity contribution < 1.29 is 13.6 Å². The summed E-state index contributed by atoms with van der Waals surface area (Å²) in [6.07, 6.45) is 5.82. The third-order valence-electron chi connectivity index (χ3n) is 8.10. The fourth-order valence-corrected chi connectivity index (χ4v) is 16.7. The van der Waals surface area contributed by atoms with Gasteiger partial charge in [0.1, 0.15) is 0 Å². The molecule has 1 N–H and O–H groups in total. The molecule has 0 heterocycles. The smallest absolute Gasteiger partial charge is 0.220 e. The van der Waals surface area contributed by atoms with Crippen LogP contribution in [0.15, 0.2) is 0 Å². The normalized spacial score (nSPS) is 16.8. The Balaban J connectivity index is 6.75. The summed E-state index contributed by atoms with van der Waals surface area (Å²) in [4.78, 5) is 11.5. The van der Waals surface area contributed by atoms with Gasteiger partial charge >= 0.3 is 0 Å². The summed E-state index contributed by atoms with van der Waals surface area (Å²) in [6.45, 7) is 29.5. The van der Waals surface area contributed by atoms with E-state index < -0.39 is 25.0 Å². The van der Waals surface area contributed by atoms with Crippen molar-refractivity contribution in [3.8, 4) is 0 Å². The Hall–Kier alpha value is 0.531. The molecule has 0 fully saturated rings. The molecule has 0 aliphatic carbocycles. The van der Waals surface area contributed by atoms with Crippen LogP contribution in [0.1, 0.15) is 87.0 Å². The molecule has 0 aromatic rings. The summed E-state index contributed by atoms with van der Waals surface area (Å²) in [7, 11) is -6.52. The van der Waals surface area contributed by atoms with Gasteiger partial charge in [0, 0.05) is 5.04 Å². The quantitative estimate of drug-likeness (QED) is 0.267. The predicted octanol–water partition coefficient (Wildman–Crippen LogP) is 7.86. The molecule has 0 saturated carbocycles. The van der Waals surface area contributed by atoms with Crippen LogP contribution >= 0.6 is 0 Å². The molecule has 0 bridgehead atoms. The van der Waals surface area contributed by atoms with Crippen LogP contribution in [0.2, 0.25) is 50.4 Å². The lowest BCUT2D eigenvalue weighted by Gasteiger charge is -2.60. The molecule has 0 spiro atoms. The minimum absolute atomic E-state index is 0.153. The van der Waals surface area contributed by atoms with E-state index in [4.69, 9.17) is 8.85 Å². The van der Waals surface area contributed by atoms with Gasteiger partial charge in [-0.05, 0) is 83.9 Å². The van der Waals surface area contributed by atoms with Gasteiger partial charge in [-0.25, -0.2) is 0 Å². The molecule has 0 aliphatic rings. The maximum atomic E-state index is 11.5. The summed E-state index contributed by atoms with van der Waals surface area (Å²) < 4.78 is 14.6. The Morgan fingerprint density at radius 3 is 1.24 bits per heavy atom. The number of rotatable bonds is 14. The van der Waals surface area contributed by atoms with Crippen LogP contribution in [0.3, 0.4) is 0 Å². The average molecular weight is 463 g/mol. The molecule has 0 aromatic carbocycles. The van der Waals surface area contributed by atoms with E-state index in [2.05, 4.69) is 87.7 Å². The highest BCUT2D eigenvalue weighted by molar-refractivity contribution is 6.78. The summed E-state index contributed by atoms with van der Waals surface area (Å²) in [5, 5.41) is -0.324. The second kappa shape index (κ2) is 10.4. The lowest BCUT2D eigenvalue weighted by atomic mass is 9.78. The summed E-state index contributed by atoms with van der Waals surface area (Å²) in [5.74, 6) is 0. The first-order valence-electron chi connectivity index (χ1n) is 12.2. The summed E-state index contributed by atoms with van der Waals surface area (Å²) in [5.41, 5.74) is -0.295. The fourth-order valence-electron chi connectivity index (χ4n) is 6.24. The summed E-state index contributed by atoms with van der Waals surface area (Å²) in [6, 6.07) is 1.04. The third-order valence-corrected chi connectivity index (χ3v) is 17.7. The van der Waals surface area contributed by atoms with E-state index in [0.29, 0.717) is 0 Å². The van der Waals surface area contributed by atoms with Crippen LogP contribution < -0.4 is 0 Å². The molecule has 0 saturated heterocycles. The lowest BCUT2D eigenvalue weighted by molar-refractivity contribution is -0.0341. The molecule has 1 unspecified atom stereocenters. The molecule has 29 heavy (non-hydrogen) atoms. The number of hydrogen-bond donors (Lipinski definition) is 1. The van der Waals surface area contributed by atoms with Crippen molar-refractivity contribution in [2.24, 2.45) is 0 Å². The Morgan fingerprint density at radius 2 is 1.03 bits per heavy atom. The van der Waals surface area contributed by atoms with E-state index in [1.807, 2.05) is 0 Å². The van der Waals surface area contributed by atoms with Gasteiger partial charge in [0.15, 0.2) is 16.6 Å². The van der Waals surface area contributed by atoms with Crippen molar-refractivity contribution in [2.45, 2.75) is 148 Å². The van der Waals surface area contributed by atoms with E-state index in [0.717, 1.165) is 44.6 Å². The summed E-state index contributed by atoms with van der Waals surface area (Å²) >= 11 is 0. The van der Waals surface area contributed by atoms with Gasteiger partial charge in [-0.2, -0.15) is 0 Å². The van der Waals surface area contributed by atoms with Crippen LogP contribution in [-0.2, 0) is 8.85 Å². The molecule has 0 radical (unpaired) electrons. The van der Waals surface area contributed by atoms with Crippen molar-refractivity contribution in [3.63, 3.8) is 0 Å². The van der Waals surface area contributed by atoms with Gasteiger partial charge in [0.2, 0.25) is 8.32 Å². The van der Waals surface area contributed by atoms with E-state index in [1.54, 1.807) is 0 Å². The second-order valence-electron chi connectivity index (χ2n) is 10.7. The second-order valence-corrected chi connectivity index (χ2v) is 23.4. The van der Waals surface area contributed by atoms with Crippen molar-refractivity contribution in [1.29, 1.82) is 0 Å². The number of hydrogen-bond acceptors (Lipinski definition) is 3. The van der Waals surface area contributed by atoms with Crippen LogP contribution in [0.25, 0.3) is 0 Å². The van der Waals surface area contributed by atoms with Crippen LogP contribution in [0.4, 0.5) is 0 Å². The van der Waals surface area contributed by atoms with E-state index in [9.17, 15) is 4.80 Å². The highest BCUT2D eigenvalue weighted by Crippen LogP contribution is 2.59. The van der Waals surface area contributed by atoms with Gasteiger partial charge in [-0.3, -0.25) is 0 Å². The van der Waals surface area contributed by atoms with E-state index >= 15 is 0 Å². The Kier molecular flexibility index (Phi) is 10.6. The SMILES string of the molecule is CCC(CC)(O[Si](C)(CC)C(CC)(CC)O[Si](C)(C)C)C(CC)(CC)[Si](C)(C)O. The molecule has 6 heteroatoms. The Labute approximate surface area is 186 Å². The molecule has 176 valence electrons. The maximum absolute atomic E-state index is 11.5. The zero-order valence-electron chi connectivity index (χ0n) is 22.2. The molecular formula is C23H54O3Si3. The van der Waals surface area contributed by atoms with Crippen molar-refractivity contribution in [2.75, 3.05) is 0 Å². The van der Waals surface area contributed by atoms with Crippen molar-refractivity contribution in [3.05, 3.63) is 0 Å². The van der Waals surface area contributed by atoms with Gasteiger partial charge in [0.25, 0.3) is 0 Å². The largest absolute Gasteiger partial charge is 0.432 e. The van der Waals surface area contributed by atoms with E-state index in [1.165, 1.54) is 0 Å². The van der Waals surface area contributed by atoms with Gasteiger partial charge < -0.3 is 13.6 Å². The molecular weight excluding hydrogens is 409 g/mol. The highest BCUT2D eigenvalue weighted by Gasteiger charge is 2.62. The first-order chi connectivity index (χ1) is 13.1. The first kappa shape index (κ1) is 29.5. The Bertz CT molecular complexity index is 485. The molecule has 0 aromatic heterocycles. The molecule has 1 atom stereocenters. The molecule has 0 aliphatic heterocycles. The van der Waals surface area contributed by atoms with Crippen molar-refractivity contribution in [1.82, 2.24) is 0 Å². The minimum atomic E-state index is -2.49. The maximum Gasteiger partial charge on any atom is 0.220 e. The van der Waals surface area contributed by atoms with Crippen LogP contribution in [0, 0.1) is 0 Å². The zero-order chi connectivity index (χ0) is 23.4. The monoisotopic (exact) mass is 462 g/mol. The Morgan fingerprint density at radius 1 is 0.621 bits per heavy atom. The van der Waals surface area contributed by atoms with Gasteiger partial charge in [-0.1, -0.05) is 48.5 Å². The van der Waals surface area contributed by atoms with E-state index in [-0.39, 0.29) is 15.9 Å². The highest BCUT2D eigenvalue weighted by atomic mass is 28.4. The average Bonchev–Trinajstić information content (AvgIpc) is 2.64.